The van der Waals surface area contributed by atoms with Gasteiger partial charge in [0.25, 0.3) is 0 Å². The molecular formula is C17H23N3. The molecule has 0 amide bonds. The quantitative estimate of drug-likeness (QED) is 0.903. The predicted octanol–water partition coefficient (Wildman–Crippen LogP) is 3.55. The zero-order valence-corrected chi connectivity index (χ0v) is 12.5. The first-order valence-corrected chi connectivity index (χ1v) is 7.28. The van der Waals surface area contributed by atoms with E-state index in [0.717, 1.165) is 23.5 Å². The monoisotopic (exact) mass is 269 g/mol. The summed E-state index contributed by atoms with van der Waals surface area (Å²) in [6.07, 6.45) is 3.67. The highest BCUT2D eigenvalue weighted by molar-refractivity contribution is 5.59. The van der Waals surface area contributed by atoms with Crippen LogP contribution in [0.5, 0.6) is 0 Å². The SMILES string of the molecule is CCC(C)c1ccc(-c2ccnc(CC(C)N)n2)cc1. The van der Waals surface area contributed by atoms with Crippen molar-refractivity contribution in [1.82, 2.24) is 9.97 Å². The van der Waals surface area contributed by atoms with E-state index in [2.05, 4.69) is 48.1 Å². The van der Waals surface area contributed by atoms with Gasteiger partial charge in [-0.3, -0.25) is 0 Å². The van der Waals surface area contributed by atoms with E-state index < -0.39 is 0 Å². The Balaban J connectivity index is 2.23. The third-order valence-electron chi connectivity index (χ3n) is 3.60. The minimum Gasteiger partial charge on any atom is -0.328 e. The Bertz CT molecular complexity index is 546. The Morgan fingerprint density at radius 2 is 1.80 bits per heavy atom. The second kappa shape index (κ2) is 6.62. The molecular weight excluding hydrogens is 246 g/mol. The maximum Gasteiger partial charge on any atom is 0.130 e. The zero-order chi connectivity index (χ0) is 14.5. The number of nitrogens with two attached hydrogens (primary N) is 1. The van der Waals surface area contributed by atoms with Gasteiger partial charge in [-0.1, -0.05) is 38.1 Å². The molecule has 1 aromatic carbocycles. The second-order valence-electron chi connectivity index (χ2n) is 5.47. The van der Waals surface area contributed by atoms with Gasteiger partial charge in [0, 0.05) is 24.2 Å². The van der Waals surface area contributed by atoms with E-state index in [1.165, 1.54) is 5.56 Å². The second-order valence-corrected chi connectivity index (χ2v) is 5.47. The molecule has 0 radical (unpaired) electrons. The van der Waals surface area contributed by atoms with Crippen molar-refractivity contribution in [2.24, 2.45) is 5.73 Å². The summed E-state index contributed by atoms with van der Waals surface area (Å²) >= 11 is 0. The van der Waals surface area contributed by atoms with Gasteiger partial charge >= 0.3 is 0 Å². The van der Waals surface area contributed by atoms with Gasteiger partial charge in [-0.25, -0.2) is 9.97 Å². The van der Waals surface area contributed by atoms with E-state index in [0.29, 0.717) is 12.3 Å². The van der Waals surface area contributed by atoms with E-state index in [1.54, 1.807) is 0 Å². The molecule has 0 saturated heterocycles. The minimum atomic E-state index is 0.0815. The average Bonchev–Trinajstić information content (AvgIpc) is 2.46. The summed E-state index contributed by atoms with van der Waals surface area (Å²) in [5, 5.41) is 0. The van der Waals surface area contributed by atoms with E-state index in [9.17, 15) is 0 Å². The zero-order valence-electron chi connectivity index (χ0n) is 12.5. The van der Waals surface area contributed by atoms with Crippen LogP contribution in [0.3, 0.4) is 0 Å². The average molecular weight is 269 g/mol. The molecule has 3 heteroatoms. The summed E-state index contributed by atoms with van der Waals surface area (Å²) < 4.78 is 0. The molecule has 0 aliphatic rings. The van der Waals surface area contributed by atoms with Crippen LogP contribution in [0.25, 0.3) is 11.3 Å². The third kappa shape index (κ3) is 3.64. The normalized spacial score (nSPS) is 14.0. The van der Waals surface area contributed by atoms with Crippen LogP contribution in [0.1, 0.15) is 44.5 Å². The smallest absolute Gasteiger partial charge is 0.130 e. The fourth-order valence-corrected chi connectivity index (χ4v) is 2.16. The number of hydrogen-bond acceptors (Lipinski definition) is 3. The van der Waals surface area contributed by atoms with Crippen LogP contribution in [0, 0.1) is 0 Å². The van der Waals surface area contributed by atoms with Crippen LogP contribution < -0.4 is 5.73 Å². The summed E-state index contributed by atoms with van der Waals surface area (Å²) in [4.78, 5) is 8.86. The van der Waals surface area contributed by atoms with Crippen LogP contribution in [0.2, 0.25) is 0 Å². The summed E-state index contributed by atoms with van der Waals surface area (Å²) in [5.74, 6) is 1.41. The van der Waals surface area contributed by atoms with Crippen LogP contribution >= 0.6 is 0 Å². The number of aromatic nitrogens is 2. The van der Waals surface area contributed by atoms with E-state index in [-0.39, 0.29) is 6.04 Å². The number of nitrogens with zero attached hydrogens (tertiary/aromatic N) is 2. The molecule has 1 heterocycles. The van der Waals surface area contributed by atoms with Crippen molar-refractivity contribution in [2.75, 3.05) is 0 Å². The summed E-state index contributed by atoms with van der Waals surface area (Å²) in [6.45, 7) is 6.43. The van der Waals surface area contributed by atoms with Crippen molar-refractivity contribution in [3.05, 3.63) is 47.9 Å². The molecule has 2 aromatic rings. The van der Waals surface area contributed by atoms with E-state index >= 15 is 0 Å². The Kier molecular flexibility index (Phi) is 4.85. The predicted molar refractivity (Wildman–Crippen MR) is 83.5 cm³/mol. The molecule has 106 valence electrons. The van der Waals surface area contributed by atoms with Gasteiger partial charge in [0.05, 0.1) is 5.69 Å². The highest BCUT2D eigenvalue weighted by Crippen LogP contribution is 2.23. The van der Waals surface area contributed by atoms with Crippen LogP contribution in [-0.2, 0) is 6.42 Å². The number of rotatable bonds is 5. The molecule has 0 fully saturated rings. The first kappa shape index (κ1) is 14.7. The molecule has 0 spiro atoms. The number of hydrogen-bond donors (Lipinski definition) is 1. The lowest BCUT2D eigenvalue weighted by molar-refractivity contribution is 0.702. The summed E-state index contributed by atoms with van der Waals surface area (Å²) in [6, 6.07) is 10.7. The van der Waals surface area contributed by atoms with Gasteiger partial charge in [0.1, 0.15) is 5.82 Å². The summed E-state index contributed by atoms with van der Waals surface area (Å²) in [5.41, 5.74) is 9.27. The lowest BCUT2D eigenvalue weighted by Gasteiger charge is -2.10. The highest BCUT2D eigenvalue weighted by Gasteiger charge is 2.06. The van der Waals surface area contributed by atoms with Crippen molar-refractivity contribution in [3.63, 3.8) is 0 Å². The first-order valence-electron chi connectivity index (χ1n) is 7.28. The van der Waals surface area contributed by atoms with Gasteiger partial charge in [-0.15, -0.1) is 0 Å². The van der Waals surface area contributed by atoms with Gasteiger partial charge in [0.2, 0.25) is 0 Å². The fraction of sp³-hybridized carbons (Fsp3) is 0.412. The van der Waals surface area contributed by atoms with Gasteiger partial charge in [-0.2, -0.15) is 0 Å². The Hall–Kier alpha value is -1.74. The molecule has 0 bridgehead atoms. The maximum absolute atomic E-state index is 5.80. The third-order valence-corrected chi connectivity index (χ3v) is 3.60. The molecule has 0 saturated carbocycles. The van der Waals surface area contributed by atoms with Gasteiger partial charge in [-0.05, 0) is 30.9 Å². The largest absolute Gasteiger partial charge is 0.328 e. The standard InChI is InChI=1S/C17H23N3/c1-4-12(2)14-5-7-15(8-6-14)16-9-10-19-17(20-16)11-13(3)18/h5-10,12-13H,4,11,18H2,1-3H3. The van der Waals surface area contributed by atoms with E-state index in [1.807, 2.05) is 19.2 Å². The highest BCUT2D eigenvalue weighted by atomic mass is 14.9. The minimum absolute atomic E-state index is 0.0815. The molecule has 0 aliphatic heterocycles. The molecule has 2 atom stereocenters. The fourth-order valence-electron chi connectivity index (χ4n) is 2.16. The Morgan fingerprint density at radius 1 is 1.10 bits per heavy atom. The topological polar surface area (TPSA) is 51.8 Å². The number of benzene rings is 1. The van der Waals surface area contributed by atoms with Crippen LogP contribution in [-0.4, -0.2) is 16.0 Å². The van der Waals surface area contributed by atoms with Crippen molar-refractivity contribution < 1.29 is 0 Å². The first-order chi connectivity index (χ1) is 9.60. The lowest BCUT2D eigenvalue weighted by Crippen LogP contribution is -2.19. The molecule has 20 heavy (non-hydrogen) atoms. The van der Waals surface area contributed by atoms with Crippen LogP contribution in [0.15, 0.2) is 36.5 Å². The molecule has 2 N–H and O–H groups in total. The van der Waals surface area contributed by atoms with Crippen LogP contribution in [0.4, 0.5) is 0 Å². The molecule has 2 unspecified atom stereocenters. The van der Waals surface area contributed by atoms with Crippen molar-refractivity contribution >= 4 is 0 Å². The molecule has 3 nitrogen and oxygen atoms in total. The van der Waals surface area contributed by atoms with Crippen molar-refractivity contribution in [2.45, 2.75) is 45.6 Å². The summed E-state index contributed by atoms with van der Waals surface area (Å²) in [7, 11) is 0. The van der Waals surface area contributed by atoms with Crippen molar-refractivity contribution in [3.8, 4) is 11.3 Å². The molecule has 1 aromatic heterocycles. The van der Waals surface area contributed by atoms with Gasteiger partial charge < -0.3 is 5.73 Å². The van der Waals surface area contributed by atoms with Crippen molar-refractivity contribution in [1.29, 1.82) is 0 Å². The Morgan fingerprint density at radius 3 is 2.40 bits per heavy atom. The maximum atomic E-state index is 5.80. The van der Waals surface area contributed by atoms with Gasteiger partial charge in [0.15, 0.2) is 0 Å². The van der Waals surface area contributed by atoms with E-state index in [4.69, 9.17) is 5.73 Å². The molecule has 0 aliphatic carbocycles. The Labute approximate surface area is 121 Å². The molecule has 2 rings (SSSR count). The lowest BCUT2D eigenvalue weighted by atomic mass is 9.97.